The minimum Gasteiger partial charge on any atom is -0.507 e. The van der Waals surface area contributed by atoms with Gasteiger partial charge in [-0.2, -0.15) is 5.10 Å². The van der Waals surface area contributed by atoms with E-state index in [2.05, 4.69) is 10.0 Å². The predicted octanol–water partition coefficient (Wildman–Crippen LogP) is 1.09. The number of aryl methyl sites for hydroxylation is 1. The quantitative estimate of drug-likeness (QED) is 0.484. The van der Waals surface area contributed by atoms with Gasteiger partial charge in [-0.15, -0.1) is 0 Å². The summed E-state index contributed by atoms with van der Waals surface area (Å²) in [7, 11) is 0. The molecule has 2 rings (SSSR count). The van der Waals surface area contributed by atoms with Crippen molar-refractivity contribution < 1.29 is 9.84 Å². The van der Waals surface area contributed by atoms with Gasteiger partial charge in [-0.3, -0.25) is 4.90 Å². The third-order valence-corrected chi connectivity index (χ3v) is 3.39. The SMILES string of the molecule is Cc1ccc(O)c(/C(CCN2CCOCC2)=N/N)c1. The summed E-state index contributed by atoms with van der Waals surface area (Å²) in [6, 6.07) is 5.47. The number of hydrogen-bond donors (Lipinski definition) is 2. The summed E-state index contributed by atoms with van der Waals surface area (Å²) < 4.78 is 5.32. The van der Waals surface area contributed by atoms with Gasteiger partial charge < -0.3 is 15.7 Å². The molecule has 5 heteroatoms. The number of ether oxygens (including phenoxy) is 1. The molecule has 0 amide bonds. The number of rotatable bonds is 4. The smallest absolute Gasteiger partial charge is 0.124 e. The lowest BCUT2D eigenvalue weighted by molar-refractivity contribution is 0.0392. The molecule has 3 N–H and O–H groups in total. The number of benzene rings is 1. The van der Waals surface area contributed by atoms with Crippen molar-refractivity contribution >= 4 is 5.71 Å². The topological polar surface area (TPSA) is 71.1 Å². The average molecular weight is 263 g/mol. The van der Waals surface area contributed by atoms with Crippen LogP contribution in [0.5, 0.6) is 5.75 Å². The zero-order valence-electron chi connectivity index (χ0n) is 11.3. The van der Waals surface area contributed by atoms with Crippen molar-refractivity contribution in [1.29, 1.82) is 0 Å². The van der Waals surface area contributed by atoms with Crippen LogP contribution in [0, 0.1) is 6.92 Å². The van der Waals surface area contributed by atoms with Crippen LogP contribution in [0.3, 0.4) is 0 Å². The molecule has 0 atom stereocenters. The van der Waals surface area contributed by atoms with Crippen molar-refractivity contribution in [1.82, 2.24) is 4.90 Å². The molecule has 1 aromatic carbocycles. The van der Waals surface area contributed by atoms with Gasteiger partial charge in [0.05, 0.1) is 18.9 Å². The fourth-order valence-electron chi connectivity index (χ4n) is 2.24. The monoisotopic (exact) mass is 263 g/mol. The zero-order chi connectivity index (χ0) is 13.7. The van der Waals surface area contributed by atoms with E-state index >= 15 is 0 Å². The number of nitrogens with zero attached hydrogens (tertiary/aromatic N) is 2. The summed E-state index contributed by atoms with van der Waals surface area (Å²) in [5.41, 5.74) is 2.56. The van der Waals surface area contributed by atoms with Gasteiger partial charge in [-0.05, 0) is 19.1 Å². The Bertz CT molecular complexity index is 454. The summed E-state index contributed by atoms with van der Waals surface area (Å²) in [6.07, 6.45) is 0.730. The van der Waals surface area contributed by atoms with Gasteiger partial charge >= 0.3 is 0 Å². The van der Waals surface area contributed by atoms with Gasteiger partial charge in [0, 0.05) is 31.6 Å². The molecule has 0 saturated carbocycles. The Hall–Kier alpha value is -1.59. The lowest BCUT2D eigenvalue weighted by atomic mass is 10.0. The molecule has 1 aromatic rings. The second-order valence-electron chi connectivity index (χ2n) is 4.80. The average Bonchev–Trinajstić information content (AvgIpc) is 2.44. The van der Waals surface area contributed by atoms with E-state index in [1.54, 1.807) is 6.07 Å². The molecule has 0 aromatic heterocycles. The fourth-order valence-corrected chi connectivity index (χ4v) is 2.24. The second kappa shape index (κ2) is 6.54. The van der Waals surface area contributed by atoms with Gasteiger partial charge in [0.2, 0.25) is 0 Å². The first-order valence-corrected chi connectivity index (χ1v) is 6.57. The lowest BCUT2D eigenvalue weighted by Gasteiger charge is -2.26. The summed E-state index contributed by atoms with van der Waals surface area (Å²) in [5.74, 6) is 5.71. The van der Waals surface area contributed by atoms with E-state index in [1.165, 1.54) is 0 Å². The maximum atomic E-state index is 9.90. The molecule has 0 spiro atoms. The third-order valence-electron chi connectivity index (χ3n) is 3.39. The molecule has 1 heterocycles. The number of aromatic hydroxyl groups is 1. The first-order valence-electron chi connectivity index (χ1n) is 6.57. The molecular formula is C14H21N3O2. The Labute approximate surface area is 113 Å². The predicted molar refractivity (Wildman–Crippen MR) is 75.4 cm³/mol. The van der Waals surface area contributed by atoms with Crippen LogP contribution < -0.4 is 5.84 Å². The summed E-state index contributed by atoms with van der Waals surface area (Å²) in [5, 5.41) is 13.7. The van der Waals surface area contributed by atoms with Crippen LogP contribution >= 0.6 is 0 Å². The molecule has 0 bridgehead atoms. The highest BCUT2D eigenvalue weighted by Crippen LogP contribution is 2.20. The highest BCUT2D eigenvalue weighted by atomic mass is 16.5. The molecule has 0 aliphatic carbocycles. The Kier molecular flexibility index (Phi) is 4.76. The van der Waals surface area contributed by atoms with Gasteiger partial charge in [0.15, 0.2) is 0 Å². The fraction of sp³-hybridized carbons (Fsp3) is 0.500. The van der Waals surface area contributed by atoms with Crippen molar-refractivity contribution in [3.8, 4) is 5.75 Å². The van der Waals surface area contributed by atoms with E-state index in [4.69, 9.17) is 10.6 Å². The number of hydrogen-bond acceptors (Lipinski definition) is 5. The van der Waals surface area contributed by atoms with Crippen molar-refractivity contribution in [3.05, 3.63) is 29.3 Å². The number of nitrogens with two attached hydrogens (primary N) is 1. The largest absolute Gasteiger partial charge is 0.507 e. The van der Waals surface area contributed by atoms with E-state index in [9.17, 15) is 5.11 Å². The van der Waals surface area contributed by atoms with E-state index in [-0.39, 0.29) is 5.75 Å². The summed E-state index contributed by atoms with van der Waals surface area (Å²) in [4.78, 5) is 2.32. The first-order chi connectivity index (χ1) is 9.20. The van der Waals surface area contributed by atoms with E-state index in [0.29, 0.717) is 0 Å². The van der Waals surface area contributed by atoms with Crippen LogP contribution in [-0.2, 0) is 4.74 Å². The molecule has 1 saturated heterocycles. The Morgan fingerprint density at radius 3 is 2.84 bits per heavy atom. The molecule has 104 valence electrons. The number of phenols is 1. The van der Waals surface area contributed by atoms with Crippen LogP contribution in [0.25, 0.3) is 0 Å². The van der Waals surface area contributed by atoms with Crippen LogP contribution in [0.1, 0.15) is 17.5 Å². The van der Waals surface area contributed by atoms with Gasteiger partial charge in [0.25, 0.3) is 0 Å². The van der Waals surface area contributed by atoms with Gasteiger partial charge in [-0.25, -0.2) is 0 Å². The second-order valence-corrected chi connectivity index (χ2v) is 4.80. The number of hydrazone groups is 1. The Morgan fingerprint density at radius 1 is 1.42 bits per heavy atom. The minimum absolute atomic E-state index is 0.233. The van der Waals surface area contributed by atoms with Crippen LogP contribution in [0.2, 0.25) is 0 Å². The van der Waals surface area contributed by atoms with E-state index < -0.39 is 0 Å². The number of phenolic OH excluding ortho intramolecular Hbond substituents is 1. The van der Waals surface area contributed by atoms with Gasteiger partial charge in [0.1, 0.15) is 5.75 Å². The molecule has 1 aliphatic heterocycles. The summed E-state index contributed by atoms with van der Waals surface area (Å²) in [6.45, 7) is 6.32. The van der Waals surface area contributed by atoms with Crippen molar-refractivity contribution in [3.63, 3.8) is 0 Å². The van der Waals surface area contributed by atoms with Gasteiger partial charge in [-0.1, -0.05) is 11.6 Å². The highest BCUT2D eigenvalue weighted by Gasteiger charge is 2.14. The maximum Gasteiger partial charge on any atom is 0.124 e. The molecule has 1 fully saturated rings. The highest BCUT2D eigenvalue weighted by molar-refractivity contribution is 6.02. The van der Waals surface area contributed by atoms with Crippen LogP contribution in [0.4, 0.5) is 0 Å². The standard InChI is InChI=1S/C14H21N3O2/c1-11-2-3-14(18)12(10-11)13(16-15)4-5-17-6-8-19-9-7-17/h2-3,10,18H,4-9,15H2,1H3/b16-13+. The zero-order valence-corrected chi connectivity index (χ0v) is 11.3. The molecular weight excluding hydrogens is 242 g/mol. The third kappa shape index (κ3) is 3.68. The van der Waals surface area contributed by atoms with E-state index in [1.807, 2.05) is 19.1 Å². The van der Waals surface area contributed by atoms with Crippen LogP contribution in [-0.4, -0.2) is 48.6 Å². The molecule has 0 unspecified atom stereocenters. The first kappa shape index (κ1) is 13.8. The molecule has 1 aliphatic rings. The van der Waals surface area contributed by atoms with Crippen molar-refractivity contribution in [2.75, 3.05) is 32.8 Å². The molecule has 0 radical (unpaired) electrons. The van der Waals surface area contributed by atoms with Crippen LogP contribution in [0.15, 0.2) is 23.3 Å². The minimum atomic E-state index is 0.233. The van der Waals surface area contributed by atoms with Crippen molar-refractivity contribution in [2.45, 2.75) is 13.3 Å². The maximum absolute atomic E-state index is 9.90. The van der Waals surface area contributed by atoms with E-state index in [0.717, 1.165) is 56.1 Å². The number of morpholine rings is 1. The van der Waals surface area contributed by atoms with Crippen molar-refractivity contribution in [2.24, 2.45) is 10.9 Å². The lowest BCUT2D eigenvalue weighted by Crippen LogP contribution is -2.37. The Balaban J connectivity index is 2.01. The Morgan fingerprint density at radius 2 is 2.16 bits per heavy atom. The normalized spacial score (nSPS) is 17.6. The summed E-state index contributed by atoms with van der Waals surface area (Å²) >= 11 is 0. The molecule has 19 heavy (non-hydrogen) atoms. The molecule has 5 nitrogen and oxygen atoms in total.